The maximum absolute atomic E-state index is 12.4. The summed E-state index contributed by atoms with van der Waals surface area (Å²) in [5.74, 6) is 0. The highest BCUT2D eigenvalue weighted by molar-refractivity contribution is 7.89. The molecular weight excluding hydrogens is 360 g/mol. The molecule has 1 N–H and O–H groups in total. The van der Waals surface area contributed by atoms with E-state index in [1.165, 1.54) is 18.3 Å². The summed E-state index contributed by atoms with van der Waals surface area (Å²) >= 11 is 5.70. The topological polar surface area (TPSA) is 76.9 Å². The Hall–Kier alpha value is -2.22. The van der Waals surface area contributed by atoms with Crippen LogP contribution in [0.3, 0.4) is 0 Å². The van der Waals surface area contributed by atoms with Crippen molar-refractivity contribution < 1.29 is 8.42 Å². The molecule has 130 valence electrons. The van der Waals surface area contributed by atoms with Crippen molar-refractivity contribution in [2.45, 2.75) is 25.3 Å². The molecule has 0 aliphatic heterocycles. The molecule has 0 saturated carbocycles. The van der Waals surface area contributed by atoms with Gasteiger partial charge in [0.2, 0.25) is 10.0 Å². The number of hydrogen-bond acceptors (Lipinski definition) is 4. The summed E-state index contributed by atoms with van der Waals surface area (Å²) in [6, 6.07) is 12.6. The van der Waals surface area contributed by atoms with Gasteiger partial charge in [-0.1, -0.05) is 29.8 Å². The molecule has 2 aromatic heterocycles. The van der Waals surface area contributed by atoms with Crippen LogP contribution < -0.4 is 4.72 Å². The van der Waals surface area contributed by atoms with Gasteiger partial charge in [-0.25, -0.2) is 22.8 Å². The Kier molecular flexibility index (Phi) is 4.89. The normalized spacial score (nSPS) is 11.6. The lowest BCUT2D eigenvalue weighted by atomic mass is 10.2. The van der Waals surface area contributed by atoms with Crippen molar-refractivity contribution >= 4 is 21.6 Å². The fourth-order valence-corrected chi connectivity index (χ4v) is 3.57. The minimum absolute atomic E-state index is 0.0719. The number of halogens is 1. The highest BCUT2D eigenvalue weighted by Gasteiger charge is 2.18. The smallest absolute Gasteiger partial charge is 0.242 e. The molecule has 25 heavy (non-hydrogen) atoms. The third-order valence-electron chi connectivity index (χ3n) is 3.89. The lowest BCUT2D eigenvalue weighted by molar-refractivity contribution is 0.580. The molecule has 0 radical (unpaired) electrons. The first-order chi connectivity index (χ1) is 11.9. The van der Waals surface area contributed by atoms with Gasteiger partial charge in [0.15, 0.2) is 0 Å². The maximum atomic E-state index is 12.4. The molecule has 0 bridgehead atoms. The molecule has 0 aliphatic rings. The first-order valence-corrected chi connectivity index (χ1v) is 9.46. The summed E-state index contributed by atoms with van der Waals surface area (Å²) in [4.78, 5) is 3.88. The minimum Gasteiger partial charge on any atom is -0.243 e. The van der Waals surface area contributed by atoms with Crippen LogP contribution in [-0.4, -0.2) is 23.2 Å². The van der Waals surface area contributed by atoms with Crippen molar-refractivity contribution in [1.82, 2.24) is 19.5 Å². The zero-order valence-corrected chi connectivity index (χ0v) is 15.3. The van der Waals surface area contributed by atoms with Gasteiger partial charge in [-0.2, -0.15) is 5.10 Å². The number of pyridine rings is 1. The van der Waals surface area contributed by atoms with Crippen molar-refractivity contribution in [2.75, 3.05) is 0 Å². The van der Waals surface area contributed by atoms with E-state index in [4.69, 9.17) is 11.6 Å². The summed E-state index contributed by atoms with van der Waals surface area (Å²) in [5, 5.41) is 4.76. The van der Waals surface area contributed by atoms with E-state index >= 15 is 0 Å². The summed E-state index contributed by atoms with van der Waals surface area (Å²) in [7, 11) is -3.67. The quantitative estimate of drug-likeness (QED) is 0.694. The summed E-state index contributed by atoms with van der Waals surface area (Å²) in [6.45, 7) is 3.93. The van der Waals surface area contributed by atoms with Crippen LogP contribution in [0.15, 0.2) is 53.6 Å². The Morgan fingerprint density at radius 1 is 1.12 bits per heavy atom. The van der Waals surface area contributed by atoms with Gasteiger partial charge in [0.25, 0.3) is 0 Å². The van der Waals surface area contributed by atoms with Crippen LogP contribution in [0, 0.1) is 13.8 Å². The van der Waals surface area contributed by atoms with Crippen molar-refractivity contribution in [3.8, 4) is 5.69 Å². The van der Waals surface area contributed by atoms with E-state index in [2.05, 4.69) is 14.8 Å². The van der Waals surface area contributed by atoms with Gasteiger partial charge in [-0.15, -0.1) is 0 Å². The van der Waals surface area contributed by atoms with E-state index in [-0.39, 0.29) is 16.6 Å². The molecular formula is C17H17ClN4O2S. The zero-order chi connectivity index (χ0) is 18.0. The second-order valence-corrected chi connectivity index (χ2v) is 7.69. The summed E-state index contributed by atoms with van der Waals surface area (Å²) in [5.41, 5.74) is 3.44. The van der Waals surface area contributed by atoms with Crippen molar-refractivity contribution in [1.29, 1.82) is 0 Å². The van der Waals surface area contributed by atoms with Crippen LogP contribution in [0.4, 0.5) is 0 Å². The Bertz CT molecular complexity index is 983. The fraction of sp³-hybridized carbons (Fsp3) is 0.176. The van der Waals surface area contributed by atoms with Crippen LogP contribution in [-0.2, 0) is 16.6 Å². The molecule has 0 saturated heterocycles. The average Bonchev–Trinajstić information content (AvgIpc) is 2.88. The molecule has 0 fully saturated rings. The van der Waals surface area contributed by atoms with Gasteiger partial charge in [-0.3, -0.25) is 0 Å². The molecule has 6 nitrogen and oxygen atoms in total. The van der Waals surface area contributed by atoms with Gasteiger partial charge < -0.3 is 0 Å². The SMILES string of the molecule is Cc1nn(-c2ccccc2)c(C)c1CNS(=O)(=O)c1ccc(Cl)nc1. The number of aryl methyl sites for hydroxylation is 1. The average molecular weight is 377 g/mol. The van der Waals surface area contributed by atoms with Crippen molar-refractivity contribution in [3.63, 3.8) is 0 Å². The molecule has 1 aromatic carbocycles. The molecule has 0 unspecified atom stereocenters. The first-order valence-electron chi connectivity index (χ1n) is 7.60. The Morgan fingerprint density at radius 2 is 1.84 bits per heavy atom. The van der Waals surface area contributed by atoms with Crippen LogP contribution in [0.5, 0.6) is 0 Å². The first kappa shape index (κ1) is 17.6. The van der Waals surface area contributed by atoms with Gasteiger partial charge in [0.1, 0.15) is 10.0 Å². The predicted octanol–water partition coefficient (Wildman–Crippen LogP) is 3.02. The number of nitrogens with zero attached hydrogens (tertiary/aromatic N) is 3. The monoisotopic (exact) mass is 376 g/mol. The third-order valence-corrected chi connectivity index (χ3v) is 5.50. The van der Waals surface area contributed by atoms with Gasteiger partial charge in [0, 0.05) is 24.0 Å². The van der Waals surface area contributed by atoms with Crippen molar-refractivity contribution in [3.05, 3.63) is 70.8 Å². The second-order valence-electron chi connectivity index (χ2n) is 5.54. The van der Waals surface area contributed by atoms with Crippen molar-refractivity contribution in [2.24, 2.45) is 0 Å². The number of sulfonamides is 1. The van der Waals surface area contributed by atoms with Crippen LogP contribution in [0.1, 0.15) is 17.0 Å². The molecule has 0 atom stereocenters. The lowest BCUT2D eigenvalue weighted by Crippen LogP contribution is -2.24. The second kappa shape index (κ2) is 6.95. The Labute approximate surface area is 151 Å². The molecule has 2 heterocycles. The van der Waals surface area contributed by atoms with E-state index < -0.39 is 10.0 Å². The molecule has 3 aromatic rings. The van der Waals surface area contributed by atoms with Gasteiger partial charge >= 0.3 is 0 Å². The molecule has 0 spiro atoms. The lowest BCUT2D eigenvalue weighted by Gasteiger charge is -2.08. The fourth-order valence-electron chi connectivity index (χ4n) is 2.52. The standard InChI is InChI=1S/C17H17ClN4O2S/c1-12-16(13(2)22(21-12)14-6-4-3-5-7-14)11-20-25(23,24)15-8-9-17(18)19-10-15/h3-10,20H,11H2,1-2H3. The largest absolute Gasteiger partial charge is 0.243 e. The van der Waals surface area contributed by atoms with E-state index in [0.29, 0.717) is 0 Å². The number of nitrogens with one attached hydrogen (secondary N) is 1. The Balaban J connectivity index is 1.84. The van der Waals surface area contributed by atoms with Crippen LogP contribution in [0.2, 0.25) is 5.15 Å². The minimum atomic E-state index is -3.67. The number of benzene rings is 1. The summed E-state index contributed by atoms with van der Waals surface area (Å²) < 4.78 is 29.2. The van der Waals surface area contributed by atoms with Gasteiger partial charge in [0.05, 0.1) is 11.4 Å². The van der Waals surface area contributed by atoms with E-state index in [0.717, 1.165) is 22.6 Å². The van der Waals surface area contributed by atoms with E-state index in [1.54, 1.807) is 0 Å². The van der Waals surface area contributed by atoms with Gasteiger partial charge in [-0.05, 0) is 38.1 Å². The molecule has 0 amide bonds. The van der Waals surface area contributed by atoms with E-state index in [9.17, 15) is 8.42 Å². The maximum Gasteiger partial charge on any atom is 0.242 e. The van der Waals surface area contributed by atoms with E-state index in [1.807, 2.05) is 48.9 Å². The van der Waals surface area contributed by atoms with Crippen LogP contribution >= 0.6 is 11.6 Å². The van der Waals surface area contributed by atoms with Crippen LogP contribution in [0.25, 0.3) is 5.69 Å². The Morgan fingerprint density at radius 3 is 2.48 bits per heavy atom. The number of para-hydroxylation sites is 1. The summed E-state index contributed by atoms with van der Waals surface area (Å²) in [6.07, 6.45) is 1.23. The molecule has 8 heteroatoms. The number of hydrogen-bond donors (Lipinski definition) is 1. The zero-order valence-electron chi connectivity index (χ0n) is 13.8. The number of aromatic nitrogens is 3. The third kappa shape index (κ3) is 3.73. The predicted molar refractivity (Wildman–Crippen MR) is 96.3 cm³/mol. The highest BCUT2D eigenvalue weighted by Crippen LogP contribution is 2.19. The molecule has 0 aliphatic carbocycles. The highest BCUT2D eigenvalue weighted by atomic mass is 35.5. The number of rotatable bonds is 5. The molecule has 3 rings (SSSR count).